The van der Waals surface area contributed by atoms with Crippen molar-refractivity contribution in [2.24, 2.45) is 0 Å². The van der Waals surface area contributed by atoms with Gasteiger partial charge in [0.25, 0.3) is 11.6 Å². The number of nitro benzene ring substituents is 1. The molecule has 2 aromatic rings. The molecule has 0 saturated carbocycles. The Hall–Kier alpha value is -2.45. The second-order valence-electron chi connectivity index (χ2n) is 6.72. The van der Waals surface area contributed by atoms with Crippen LogP contribution in [0.1, 0.15) is 28.8 Å². The molecule has 0 unspecified atom stereocenters. The predicted octanol–water partition coefficient (Wildman–Crippen LogP) is 3.84. The quantitative estimate of drug-likeness (QED) is 0.535. The Morgan fingerprint density at radius 2 is 1.93 bits per heavy atom. The van der Waals surface area contributed by atoms with E-state index in [0.717, 1.165) is 22.9 Å². The fourth-order valence-electron chi connectivity index (χ4n) is 3.46. The van der Waals surface area contributed by atoms with Gasteiger partial charge in [0.1, 0.15) is 11.3 Å². The summed E-state index contributed by atoms with van der Waals surface area (Å²) in [7, 11) is 1.45. The summed E-state index contributed by atoms with van der Waals surface area (Å²) < 4.78 is 11.6. The zero-order valence-corrected chi connectivity index (χ0v) is 17.0. The van der Waals surface area contributed by atoms with E-state index < -0.39 is 10.8 Å². The van der Waals surface area contributed by atoms with Crippen LogP contribution in [0, 0.1) is 10.1 Å². The lowest BCUT2D eigenvalue weighted by Gasteiger charge is -2.38. The molecule has 1 fully saturated rings. The van der Waals surface area contributed by atoms with Crippen LogP contribution >= 0.6 is 15.9 Å². The van der Waals surface area contributed by atoms with Crippen molar-refractivity contribution in [1.82, 2.24) is 5.32 Å². The molecule has 0 aromatic heterocycles. The van der Waals surface area contributed by atoms with Gasteiger partial charge in [-0.3, -0.25) is 14.9 Å². The van der Waals surface area contributed by atoms with Gasteiger partial charge in [-0.25, -0.2) is 0 Å². The molecular weight excluding hydrogens is 428 g/mol. The molecule has 1 amide bonds. The molecule has 0 bridgehead atoms. The summed E-state index contributed by atoms with van der Waals surface area (Å²) in [4.78, 5) is 23.5. The normalized spacial score (nSPS) is 15.6. The number of halogens is 1. The average Bonchev–Trinajstić information content (AvgIpc) is 2.72. The highest BCUT2D eigenvalue weighted by atomic mass is 79.9. The van der Waals surface area contributed by atoms with Crippen LogP contribution in [0.3, 0.4) is 0 Å². The van der Waals surface area contributed by atoms with Crippen molar-refractivity contribution in [2.45, 2.75) is 18.3 Å². The van der Waals surface area contributed by atoms with E-state index in [9.17, 15) is 14.9 Å². The Balaban J connectivity index is 1.85. The topological polar surface area (TPSA) is 90.7 Å². The zero-order valence-electron chi connectivity index (χ0n) is 15.4. The van der Waals surface area contributed by atoms with Crippen LogP contribution < -0.4 is 10.1 Å². The van der Waals surface area contributed by atoms with Gasteiger partial charge in [-0.05, 0) is 42.7 Å². The molecule has 3 rings (SSSR count). The van der Waals surface area contributed by atoms with Gasteiger partial charge in [-0.15, -0.1) is 0 Å². The Kier molecular flexibility index (Phi) is 6.31. The highest BCUT2D eigenvalue weighted by Crippen LogP contribution is 2.35. The van der Waals surface area contributed by atoms with Crippen molar-refractivity contribution in [1.29, 1.82) is 0 Å². The number of benzene rings is 2. The number of nitro groups is 1. The molecule has 1 saturated heterocycles. The van der Waals surface area contributed by atoms with Crippen LogP contribution in [0.2, 0.25) is 0 Å². The Morgan fingerprint density at radius 3 is 2.54 bits per heavy atom. The molecule has 0 atom stereocenters. The summed E-state index contributed by atoms with van der Waals surface area (Å²) in [5, 5.41) is 14.2. The van der Waals surface area contributed by atoms with Gasteiger partial charge >= 0.3 is 0 Å². The summed E-state index contributed by atoms with van der Waals surface area (Å²) in [5.74, 6) is -0.0991. The largest absolute Gasteiger partial charge is 0.497 e. The van der Waals surface area contributed by atoms with Crippen LogP contribution in [0.4, 0.5) is 5.69 Å². The van der Waals surface area contributed by atoms with Gasteiger partial charge in [0, 0.05) is 35.7 Å². The number of methoxy groups -OCH3 is 1. The number of carbonyl (C=O) groups is 1. The number of nitrogens with one attached hydrogen (secondary N) is 1. The molecule has 0 aliphatic carbocycles. The van der Waals surface area contributed by atoms with Crippen LogP contribution in [0.25, 0.3) is 0 Å². The number of ether oxygens (including phenoxy) is 2. The standard InChI is InChI=1S/C20H21BrN2O5/c1-27-16-6-7-18(23(25)26)17(12-16)19(24)22-13-20(8-10-28-11-9-20)14-2-4-15(21)5-3-14/h2-7,12H,8-11,13H2,1H3,(H,22,24). The molecule has 28 heavy (non-hydrogen) atoms. The minimum absolute atomic E-state index is 0.0117. The van der Waals surface area contributed by atoms with Crippen LogP contribution in [0.5, 0.6) is 5.75 Å². The number of rotatable bonds is 6. The smallest absolute Gasteiger partial charge is 0.282 e. The first-order chi connectivity index (χ1) is 13.4. The van der Waals surface area contributed by atoms with Gasteiger partial charge in [0.15, 0.2) is 0 Å². The van der Waals surface area contributed by atoms with Crippen molar-refractivity contribution in [2.75, 3.05) is 26.9 Å². The van der Waals surface area contributed by atoms with E-state index in [0.29, 0.717) is 25.5 Å². The minimum Gasteiger partial charge on any atom is -0.497 e. The second kappa shape index (κ2) is 8.70. The summed E-state index contributed by atoms with van der Waals surface area (Å²) in [5.41, 5.74) is 0.576. The fraction of sp³-hybridized carbons (Fsp3) is 0.350. The third-order valence-corrected chi connectivity index (χ3v) is 5.67. The van der Waals surface area contributed by atoms with E-state index in [2.05, 4.69) is 21.2 Å². The Labute approximate surface area is 171 Å². The molecule has 1 aliphatic rings. The summed E-state index contributed by atoms with van der Waals surface area (Å²) in [6.45, 7) is 1.57. The van der Waals surface area contributed by atoms with Gasteiger partial charge in [-0.1, -0.05) is 28.1 Å². The van der Waals surface area contributed by atoms with Crippen LogP contribution in [-0.4, -0.2) is 37.7 Å². The minimum atomic E-state index is -0.562. The maximum absolute atomic E-state index is 12.8. The van der Waals surface area contributed by atoms with E-state index in [4.69, 9.17) is 9.47 Å². The monoisotopic (exact) mass is 448 g/mol. The van der Waals surface area contributed by atoms with Crippen molar-refractivity contribution in [3.8, 4) is 5.75 Å². The summed E-state index contributed by atoms with van der Waals surface area (Å²) in [6, 6.07) is 12.2. The van der Waals surface area contributed by atoms with E-state index in [1.807, 2.05) is 24.3 Å². The Bertz CT molecular complexity index is 863. The molecule has 8 heteroatoms. The van der Waals surface area contributed by atoms with Crippen molar-refractivity contribution in [3.05, 3.63) is 68.2 Å². The number of hydrogen-bond donors (Lipinski definition) is 1. The molecule has 0 spiro atoms. The zero-order chi connectivity index (χ0) is 20.1. The molecule has 1 heterocycles. The molecule has 148 valence electrons. The third kappa shape index (κ3) is 4.34. The van der Waals surface area contributed by atoms with E-state index in [1.165, 1.54) is 25.3 Å². The highest BCUT2D eigenvalue weighted by Gasteiger charge is 2.35. The number of nitrogens with zero attached hydrogens (tertiary/aromatic N) is 1. The van der Waals surface area contributed by atoms with Gasteiger partial charge in [0.2, 0.25) is 0 Å². The summed E-state index contributed by atoms with van der Waals surface area (Å²) in [6.07, 6.45) is 1.52. The van der Waals surface area contributed by atoms with Crippen LogP contribution in [-0.2, 0) is 10.2 Å². The second-order valence-corrected chi connectivity index (χ2v) is 7.64. The number of hydrogen-bond acceptors (Lipinski definition) is 5. The van der Waals surface area contributed by atoms with E-state index >= 15 is 0 Å². The Morgan fingerprint density at radius 1 is 1.25 bits per heavy atom. The molecular formula is C20H21BrN2O5. The summed E-state index contributed by atoms with van der Waals surface area (Å²) >= 11 is 3.44. The number of carbonyl (C=O) groups excluding carboxylic acids is 1. The number of amides is 1. The van der Waals surface area contributed by atoms with Gasteiger partial charge in [-0.2, -0.15) is 0 Å². The molecule has 7 nitrogen and oxygen atoms in total. The first-order valence-corrected chi connectivity index (χ1v) is 9.69. The molecule has 1 N–H and O–H groups in total. The lowest BCUT2D eigenvalue weighted by atomic mass is 9.74. The van der Waals surface area contributed by atoms with Gasteiger partial charge in [0.05, 0.1) is 12.0 Å². The first kappa shape index (κ1) is 20.3. The van der Waals surface area contributed by atoms with Crippen molar-refractivity contribution >= 4 is 27.5 Å². The predicted molar refractivity (Wildman–Crippen MR) is 108 cm³/mol. The fourth-order valence-corrected chi connectivity index (χ4v) is 3.73. The van der Waals surface area contributed by atoms with E-state index in [-0.39, 0.29) is 16.7 Å². The highest BCUT2D eigenvalue weighted by molar-refractivity contribution is 9.10. The lowest BCUT2D eigenvalue weighted by Crippen LogP contribution is -2.44. The molecule has 1 aliphatic heterocycles. The maximum atomic E-state index is 12.8. The third-order valence-electron chi connectivity index (χ3n) is 5.14. The maximum Gasteiger partial charge on any atom is 0.282 e. The van der Waals surface area contributed by atoms with Crippen LogP contribution in [0.15, 0.2) is 46.9 Å². The molecule has 0 radical (unpaired) electrons. The van der Waals surface area contributed by atoms with Crippen molar-refractivity contribution < 1.29 is 19.2 Å². The SMILES string of the molecule is COc1ccc([N+](=O)[O-])c(C(=O)NCC2(c3ccc(Br)cc3)CCOCC2)c1. The first-order valence-electron chi connectivity index (χ1n) is 8.90. The average molecular weight is 449 g/mol. The van der Waals surface area contributed by atoms with E-state index in [1.54, 1.807) is 0 Å². The van der Waals surface area contributed by atoms with Crippen molar-refractivity contribution in [3.63, 3.8) is 0 Å². The van der Waals surface area contributed by atoms with Gasteiger partial charge < -0.3 is 14.8 Å². The molecule has 2 aromatic carbocycles. The lowest BCUT2D eigenvalue weighted by molar-refractivity contribution is -0.385.